The zero-order valence-corrected chi connectivity index (χ0v) is 18.3. The highest BCUT2D eigenvalue weighted by molar-refractivity contribution is 6.09. The first-order chi connectivity index (χ1) is 14.9. The van der Waals surface area contributed by atoms with E-state index in [4.69, 9.17) is 0 Å². The molecule has 7 heteroatoms. The molecular formula is C24H33N3O4. The van der Waals surface area contributed by atoms with Crippen LogP contribution in [0.15, 0.2) is 30.3 Å². The van der Waals surface area contributed by atoms with Crippen LogP contribution in [0.4, 0.5) is 4.79 Å². The fourth-order valence-corrected chi connectivity index (χ4v) is 5.36. The first-order valence-electron chi connectivity index (χ1n) is 11.6. The van der Waals surface area contributed by atoms with Gasteiger partial charge in [0.15, 0.2) is 0 Å². The lowest BCUT2D eigenvalue weighted by Crippen LogP contribution is -2.50. The zero-order chi connectivity index (χ0) is 22.0. The molecule has 1 aromatic carbocycles. The number of likely N-dealkylation sites (tertiary alicyclic amines) is 1. The molecule has 1 spiro atoms. The quantitative estimate of drug-likeness (QED) is 0.707. The number of rotatable bonds is 5. The van der Waals surface area contributed by atoms with Crippen molar-refractivity contribution < 1.29 is 19.5 Å². The maximum Gasteiger partial charge on any atom is 0.325 e. The molecule has 168 valence electrons. The molecule has 0 unspecified atom stereocenters. The highest BCUT2D eigenvalue weighted by Gasteiger charge is 2.52. The molecule has 2 heterocycles. The summed E-state index contributed by atoms with van der Waals surface area (Å²) < 4.78 is 0. The Morgan fingerprint density at radius 3 is 2.39 bits per heavy atom. The Morgan fingerprint density at radius 2 is 1.77 bits per heavy atom. The third-order valence-corrected chi connectivity index (χ3v) is 7.56. The molecule has 2 N–H and O–H groups in total. The summed E-state index contributed by atoms with van der Waals surface area (Å²) in [5.74, 6) is 0.268. The summed E-state index contributed by atoms with van der Waals surface area (Å²) in [6.07, 6.45) is 5.13. The molecule has 4 amide bonds. The molecule has 0 bridgehead atoms. The van der Waals surface area contributed by atoms with Crippen molar-refractivity contribution in [3.05, 3.63) is 35.9 Å². The summed E-state index contributed by atoms with van der Waals surface area (Å²) >= 11 is 0. The predicted molar refractivity (Wildman–Crippen MR) is 116 cm³/mol. The van der Waals surface area contributed by atoms with Gasteiger partial charge >= 0.3 is 6.03 Å². The highest BCUT2D eigenvalue weighted by atomic mass is 16.3. The van der Waals surface area contributed by atoms with E-state index in [9.17, 15) is 19.5 Å². The normalized spacial score (nSPS) is 28.1. The van der Waals surface area contributed by atoms with Crippen molar-refractivity contribution in [3.8, 4) is 0 Å². The SMILES string of the molecule is CCC1CCC2(CC1)NC(=O)N(CC(=O)N1CCC([C@@H](O)c3ccccc3)CC1)C2=O. The Hall–Kier alpha value is -2.41. The van der Waals surface area contributed by atoms with Gasteiger partial charge in [-0.3, -0.25) is 14.5 Å². The number of hydrogen-bond donors (Lipinski definition) is 2. The summed E-state index contributed by atoms with van der Waals surface area (Å²) in [5.41, 5.74) is 0.0882. The molecule has 4 rings (SSSR count). The van der Waals surface area contributed by atoms with E-state index in [0.717, 1.165) is 29.7 Å². The van der Waals surface area contributed by atoms with Gasteiger partial charge in [-0.1, -0.05) is 43.7 Å². The lowest BCUT2D eigenvalue weighted by Gasteiger charge is -2.35. The van der Waals surface area contributed by atoms with Crippen molar-refractivity contribution in [2.24, 2.45) is 11.8 Å². The number of hydrogen-bond acceptors (Lipinski definition) is 4. The Labute approximate surface area is 183 Å². The Kier molecular flexibility index (Phi) is 6.32. The van der Waals surface area contributed by atoms with Crippen LogP contribution in [0, 0.1) is 11.8 Å². The van der Waals surface area contributed by atoms with Gasteiger partial charge in [-0.05, 0) is 55.9 Å². The van der Waals surface area contributed by atoms with Crippen LogP contribution in [0.1, 0.15) is 63.5 Å². The van der Waals surface area contributed by atoms with Crippen LogP contribution in [-0.2, 0) is 9.59 Å². The number of carbonyl (C=O) groups excluding carboxylic acids is 3. The van der Waals surface area contributed by atoms with E-state index in [0.29, 0.717) is 44.7 Å². The molecule has 3 aliphatic rings. The number of amides is 4. The zero-order valence-electron chi connectivity index (χ0n) is 18.3. The van der Waals surface area contributed by atoms with Gasteiger partial charge in [0.05, 0.1) is 6.10 Å². The van der Waals surface area contributed by atoms with Crippen molar-refractivity contribution >= 4 is 17.8 Å². The molecule has 3 fully saturated rings. The van der Waals surface area contributed by atoms with Crippen molar-refractivity contribution in [2.75, 3.05) is 19.6 Å². The average molecular weight is 428 g/mol. The van der Waals surface area contributed by atoms with E-state index in [2.05, 4.69) is 12.2 Å². The predicted octanol–water partition coefficient (Wildman–Crippen LogP) is 2.85. The molecule has 0 aromatic heterocycles. The number of carbonyl (C=O) groups is 3. The standard InChI is InChI=1S/C24H33N3O4/c1-2-17-8-12-24(13-9-17)22(30)27(23(31)25-24)16-20(28)26-14-10-19(11-15-26)21(29)18-6-4-3-5-7-18/h3-7,17,19,21,29H,2,8-16H2,1H3,(H,25,31)/t17?,21-,24?/m0/s1. The molecule has 1 aliphatic carbocycles. The van der Waals surface area contributed by atoms with E-state index in [-0.39, 0.29) is 24.3 Å². The largest absolute Gasteiger partial charge is 0.388 e. The van der Waals surface area contributed by atoms with E-state index in [1.165, 1.54) is 0 Å². The van der Waals surface area contributed by atoms with Gasteiger partial charge in [0.25, 0.3) is 5.91 Å². The second-order valence-electron chi connectivity index (χ2n) is 9.33. The minimum atomic E-state index is -0.810. The van der Waals surface area contributed by atoms with Gasteiger partial charge in [0, 0.05) is 13.1 Å². The molecule has 2 aliphatic heterocycles. The number of aliphatic hydroxyl groups excluding tert-OH is 1. The molecular weight excluding hydrogens is 394 g/mol. The first-order valence-corrected chi connectivity index (χ1v) is 11.6. The maximum absolute atomic E-state index is 13.0. The van der Waals surface area contributed by atoms with E-state index in [1.807, 2.05) is 30.3 Å². The lowest BCUT2D eigenvalue weighted by atomic mass is 9.75. The molecule has 0 radical (unpaired) electrons. The van der Waals surface area contributed by atoms with E-state index >= 15 is 0 Å². The molecule has 1 aromatic rings. The summed E-state index contributed by atoms with van der Waals surface area (Å²) in [7, 11) is 0. The monoisotopic (exact) mass is 427 g/mol. The summed E-state index contributed by atoms with van der Waals surface area (Å²) in [6.45, 7) is 3.01. The van der Waals surface area contributed by atoms with Crippen LogP contribution in [0.2, 0.25) is 0 Å². The van der Waals surface area contributed by atoms with Gasteiger partial charge in [-0.25, -0.2) is 4.79 Å². The smallest absolute Gasteiger partial charge is 0.325 e. The van der Waals surface area contributed by atoms with Crippen molar-refractivity contribution in [2.45, 2.75) is 63.5 Å². The molecule has 7 nitrogen and oxygen atoms in total. The van der Waals surface area contributed by atoms with Gasteiger partial charge in [0.1, 0.15) is 12.1 Å². The molecule has 1 atom stereocenters. The molecule has 31 heavy (non-hydrogen) atoms. The minimum absolute atomic E-state index is 0.0974. The fraction of sp³-hybridized carbons (Fsp3) is 0.625. The van der Waals surface area contributed by atoms with Crippen LogP contribution >= 0.6 is 0 Å². The summed E-state index contributed by atoms with van der Waals surface area (Å²) in [6, 6.07) is 9.15. The lowest BCUT2D eigenvalue weighted by molar-refractivity contribution is -0.140. The van der Waals surface area contributed by atoms with Gasteiger partial charge < -0.3 is 15.3 Å². The number of aliphatic hydroxyl groups is 1. The Balaban J connectivity index is 1.31. The van der Waals surface area contributed by atoms with Crippen LogP contribution in [-0.4, -0.2) is 57.9 Å². The number of benzene rings is 1. The van der Waals surface area contributed by atoms with Gasteiger partial charge in [0.2, 0.25) is 5.91 Å². The second kappa shape index (κ2) is 8.99. The van der Waals surface area contributed by atoms with Crippen molar-refractivity contribution in [1.82, 2.24) is 15.1 Å². The van der Waals surface area contributed by atoms with Crippen LogP contribution < -0.4 is 5.32 Å². The van der Waals surface area contributed by atoms with Crippen LogP contribution in [0.25, 0.3) is 0 Å². The summed E-state index contributed by atoms with van der Waals surface area (Å²) in [4.78, 5) is 41.2. The van der Waals surface area contributed by atoms with Crippen LogP contribution in [0.3, 0.4) is 0 Å². The molecule has 1 saturated carbocycles. The Bertz CT molecular complexity index is 811. The number of piperidine rings is 1. The summed E-state index contributed by atoms with van der Waals surface area (Å²) in [5, 5.41) is 13.5. The molecule has 2 saturated heterocycles. The van der Waals surface area contributed by atoms with Crippen LogP contribution in [0.5, 0.6) is 0 Å². The topological polar surface area (TPSA) is 90.0 Å². The van der Waals surface area contributed by atoms with E-state index < -0.39 is 17.7 Å². The second-order valence-corrected chi connectivity index (χ2v) is 9.33. The number of nitrogens with zero attached hydrogens (tertiary/aromatic N) is 2. The Morgan fingerprint density at radius 1 is 1.13 bits per heavy atom. The van der Waals surface area contributed by atoms with E-state index in [1.54, 1.807) is 4.90 Å². The van der Waals surface area contributed by atoms with Gasteiger partial charge in [-0.15, -0.1) is 0 Å². The fourth-order valence-electron chi connectivity index (χ4n) is 5.36. The number of imide groups is 1. The first kappa shape index (κ1) is 21.8. The highest BCUT2D eigenvalue weighted by Crippen LogP contribution is 2.37. The maximum atomic E-state index is 13.0. The third-order valence-electron chi connectivity index (χ3n) is 7.56. The number of nitrogens with one attached hydrogen (secondary N) is 1. The van der Waals surface area contributed by atoms with Crippen molar-refractivity contribution in [3.63, 3.8) is 0 Å². The van der Waals surface area contributed by atoms with Gasteiger partial charge in [-0.2, -0.15) is 0 Å². The third kappa shape index (κ3) is 4.33. The number of urea groups is 1. The van der Waals surface area contributed by atoms with Crippen molar-refractivity contribution in [1.29, 1.82) is 0 Å². The average Bonchev–Trinajstić information content (AvgIpc) is 3.03. The minimum Gasteiger partial charge on any atom is -0.388 e.